The van der Waals surface area contributed by atoms with E-state index < -0.39 is 18.8 Å². The van der Waals surface area contributed by atoms with E-state index in [1.54, 1.807) is 48.5 Å². The third-order valence-corrected chi connectivity index (χ3v) is 4.81. The van der Waals surface area contributed by atoms with Crippen LogP contribution in [-0.2, 0) is 18.5 Å². The number of carbonyl (C=O) groups excluding carboxylic acids is 1. The molecule has 176 valence electrons. The van der Waals surface area contributed by atoms with E-state index in [1.165, 1.54) is 0 Å². The number of rotatable bonds is 7. The molecular formula is C22H20F3N7O2. The zero-order valence-corrected chi connectivity index (χ0v) is 18.0. The predicted molar refractivity (Wildman–Crippen MR) is 119 cm³/mol. The lowest BCUT2D eigenvalue weighted by Crippen LogP contribution is -2.36. The molecule has 0 saturated heterocycles. The van der Waals surface area contributed by atoms with Crippen molar-refractivity contribution in [2.45, 2.75) is 12.8 Å². The molecule has 2 amide bonds. The second kappa shape index (κ2) is 9.65. The summed E-state index contributed by atoms with van der Waals surface area (Å²) in [7, 11) is 1.87. The van der Waals surface area contributed by atoms with Gasteiger partial charge in [-0.3, -0.25) is 4.40 Å². The lowest BCUT2D eigenvalue weighted by atomic mass is 10.1. The van der Waals surface area contributed by atoms with Crippen LogP contribution in [-0.4, -0.2) is 43.9 Å². The van der Waals surface area contributed by atoms with Crippen molar-refractivity contribution in [3.05, 3.63) is 72.6 Å². The molecule has 0 saturated carbocycles. The molecule has 3 heterocycles. The number of amides is 2. The average Bonchev–Trinajstić information content (AvgIpc) is 3.40. The number of oxime groups is 1. The summed E-state index contributed by atoms with van der Waals surface area (Å²) in [5, 5.41) is 8.15. The molecule has 3 aromatic heterocycles. The molecule has 34 heavy (non-hydrogen) atoms. The lowest BCUT2D eigenvalue weighted by Gasteiger charge is -2.10. The van der Waals surface area contributed by atoms with Gasteiger partial charge in [0.15, 0.2) is 6.61 Å². The first-order chi connectivity index (χ1) is 16.3. The van der Waals surface area contributed by atoms with E-state index in [0.29, 0.717) is 17.9 Å². The molecule has 0 unspecified atom stereocenters. The molecule has 1 aromatic carbocycles. The summed E-state index contributed by atoms with van der Waals surface area (Å²) in [6.07, 6.45) is 3.96. The molecule has 2 N–H and O–H groups in total. The van der Waals surface area contributed by atoms with Gasteiger partial charge in [0.1, 0.15) is 12.2 Å². The van der Waals surface area contributed by atoms with Crippen LogP contribution in [0.3, 0.4) is 0 Å². The van der Waals surface area contributed by atoms with Crippen LogP contribution in [0.4, 0.5) is 23.7 Å². The van der Waals surface area contributed by atoms with Crippen molar-refractivity contribution in [2.75, 3.05) is 11.9 Å². The fourth-order valence-corrected chi connectivity index (χ4v) is 3.13. The number of fused-ring (bicyclic) bond motifs is 1. The van der Waals surface area contributed by atoms with Crippen molar-refractivity contribution in [1.29, 1.82) is 0 Å². The summed E-state index contributed by atoms with van der Waals surface area (Å²) in [4.78, 5) is 25.5. The van der Waals surface area contributed by atoms with Crippen LogP contribution in [0.1, 0.15) is 11.3 Å². The minimum Gasteiger partial charge on any atom is -0.389 e. The molecule has 0 fully saturated rings. The van der Waals surface area contributed by atoms with E-state index in [-0.39, 0.29) is 0 Å². The van der Waals surface area contributed by atoms with Crippen molar-refractivity contribution < 1.29 is 22.8 Å². The largest absolute Gasteiger partial charge is 0.405 e. The highest BCUT2D eigenvalue weighted by atomic mass is 19.4. The number of benzene rings is 1. The summed E-state index contributed by atoms with van der Waals surface area (Å²) in [5.74, 6) is 0. The highest BCUT2D eigenvalue weighted by Crippen LogP contribution is 2.24. The zero-order chi connectivity index (χ0) is 24.1. The molecule has 12 heteroatoms. The minimum absolute atomic E-state index is 0.293. The molecule has 4 aromatic rings. The lowest BCUT2D eigenvalue weighted by molar-refractivity contribution is -0.122. The number of urea groups is 1. The van der Waals surface area contributed by atoms with Gasteiger partial charge in [-0.2, -0.15) is 13.2 Å². The summed E-state index contributed by atoms with van der Waals surface area (Å²) < 4.78 is 40.5. The number of alkyl halides is 3. The molecule has 0 radical (unpaired) electrons. The smallest absolute Gasteiger partial charge is 0.389 e. The number of pyridine rings is 1. The molecule has 0 aliphatic carbocycles. The fourth-order valence-electron chi connectivity index (χ4n) is 3.13. The van der Waals surface area contributed by atoms with Crippen LogP contribution in [0.25, 0.3) is 16.9 Å². The van der Waals surface area contributed by atoms with Gasteiger partial charge in [0.2, 0.25) is 0 Å². The van der Waals surface area contributed by atoms with Gasteiger partial charge >= 0.3 is 12.2 Å². The van der Waals surface area contributed by atoms with Gasteiger partial charge in [0.05, 0.1) is 36.3 Å². The maximum absolute atomic E-state index is 12.3. The van der Waals surface area contributed by atoms with Crippen molar-refractivity contribution >= 4 is 23.6 Å². The predicted octanol–water partition coefficient (Wildman–Crippen LogP) is 3.97. The fraction of sp³-hybridized carbons (Fsp3) is 0.182. The van der Waals surface area contributed by atoms with Crippen LogP contribution in [0.5, 0.6) is 0 Å². The number of nitrogens with zero attached hydrogens (tertiary/aromatic N) is 5. The number of nitrogens with one attached hydrogen (secondary N) is 2. The molecule has 4 rings (SSSR count). The Bertz CT molecular complexity index is 1330. The number of imidazole rings is 2. The van der Waals surface area contributed by atoms with E-state index in [9.17, 15) is 18.0 Å². The monoisotopic (exact) mass is 471 g/mol. The second-order valence-electron chi connectivity index (χ2n) is 7.34. The minimum atomic E-state index is -4.48. The van der Waals surface area contributed by atoms with Gasteiger partial charge in [-0.1, -0.05) is 17.3 Å². The number of carbonyl (C=O) groups is 1. The normalized spacial score (nSPS) is 11.8. The Labute approximate surface area is 191 Å². The molecule has 0 bridgehead atoms. The summed E-state index contributed by atoms with van der Waals surface area (Å²) in [6, 6.07) is 9.45. The van der Waals surface area contributed by atoms with Crippen LogP contribution in [0, 0.1) is 0 Å². The average molecular weight is 471 g/mol. The quantitative estimate of drug-likeness (QED) is 0.315. The first-order valence-electron chi connectivity index (χ1n) is 10.1. The number of halogens is 3. The summed E-state index contributed by atoms with van der Waals surface area (Å²) >= 11 is 0. The Balaban J connectivity index is 1.43. The topological polar surface area (TPSA) is 97.8 Å². The SMILES string of the molecule is Cn1cncc1CO/N=C/c1ccn2c(-c3cccc(NC(=O)NCC(F)(F)F)c3)cnc2c1. The van der Waals surface area contributed by atoms with Crippen molar-refractivity contribution in [3.63, 3.8) is 0 Å². The first kappa shape index (κ1) is 22.8. The van der Waals surface area contributed by atoms with E-state index in [2.05, 4.69) is 20.4 Å². The number of hydrogen-bond donors (Lipinski definition) is 2. The van der Waals surface area contributed by atoms with Crippen LogP contribution in [0.2, 0.25) is 0 Å². The van der Waals surface area contributed by atoms with Crippen LogP contribution in [0.15, 0.2) is 66.5 Å². The van der Waals surface area contributed by atoms with Crippen molar-refractivity contribution in [3.8, 4) is 11.3 Å². The van der Waals surface area contributed by atoms with E-state index in [1.807, 2.05) is 40.4 Å². The third-order valence-electron chi connectivity index (χ3n) is 4.81. The standard InChI is InChI=1S/C22H20F3N7O2/c1-31-14-26-10-18(31)12-34-29-9-15-5-6-32-19(11-27-20(32)7-15)16-3-2-4-17(8-16)30-21(33)28-13-22(23,24)25/h2-11,14H,12-13H2,1H3,(H2,28,30,33)/b29-9+. The Morgan fingerprint density at radius 2 is 2.09 bits per heavy atom. The van der Waals surface area contributed by atoms with Crippen molar-refractivity contribution in [2.24, 2.45) is 12.2 Å². The van der Waals surface area contributed by atoms with E-state index in [0.717, 1.165) is 22.5 Å². The molecule has 0 atom stereocenters. The van der Waals surface area contributed by atoms with Gasteiger partial charge in [0, 0.05) is 30.1 Å². The number of aromatic nitrogens is 4. The Hall–Kier alpha value is -4.35. The number of hydrogen-bond acceptors (Lipinski definition) is 5. The highest BCUT2D eigenvalue weighted by Gasteiger charge is 2.27. The Morgan fingerprint density at radius 1 is 1.24 bits per heavy atom. The zero-order valence-electron chi connectivity index (χ0n) is 18.0. The van der Waals surface area contributed by atoms with Gasteiger partial charge < -0.3 is 20.0 Å². The summed E-state index contributed by atoms with van der Waals surface area (Å²) in [6.45, 7) is -1.12. The first-order valence-corrected chi connectivity index (χ1v) is 10.1. The van der Waals surface area contributed by atoms with Gasteiger partial charge in [-0.05, 0) is 24.3 Å². The van der Waals surface area contributed by atoms with E-state index >= 15 is 0 Å². The Kier molecular flexibility index (Phi) is 6.48. The van der Waals surface area contributed by atoms with Crippen molar-refractivity contribution in [1.82, 2.24) is 24.3 Å². The molecule has 0 aliphatic rings. The third kappa shape index (κ3) is 5.71. The molecular weight excluding hydrogens is 451 g/mol. The number of anilines is 1. The molecule has 0 aliphatic heterocycles. The highest BCUT2D eigenvalue weighted by molar-refractivity contribution is 5.90. The molecule has 9 nitrogen and oxygen atoms in total. The van der Waals surface area contributed by atoms with Gasteiger partial charge in [-0.25, -0.2) is 14.8 Å². The Morgan fingerprint density at radius 3 is 2.85 bits per heavy atom. The second-order valence-corrected chi connectivity index (χ2v) is 7.34. The van der Waals surface area contributed by atoms with E-state index in [4.69, 9.17) is 4.84 Å². The summed E-state index contributed by atoms with van der Waals surface area (Å²) in [5.41, 5.74) is 4.15. The van der Waals surface area contributed by atoms with Crippen LogP contribution >= 0.6 is 0 Å². The maximum atomic E-state index is 12.3. The van der Waals surface area contributed by atoms with Gasteiger partial charge in [0.25, 0.3) is 0 Å². The maximum Gasteiger partial charge on any atom is 0.405 e. The molecule has 0 spiro atoms. The van der Waals surface area contributed by atoms with Crippen LogP contribution < -0.4 is 10.6 Å². The van der Waals surface area contributed by atoms with Gasteiger partial charge in [-0.15, -0.1) is 0 Å². The number of aryl methyl sites for hydroxylation is 1.